The van der Waals surface area contributed by atoms with Gasteiger partial charge < -0.3 is 0 Å². The monoisotopic (exact) mass is 341 g/mol. The highest BCUT2D eigenvalue weighted by atomic mass is 79.9. The predicted molar refractivity (Wildman–Crippen MR) is 84.5 cm³/mol. The number of hydrogen-bond donors (Lipinski definition) is 0. The number of hydrogen-bond acceptors (Lipinski definition) is 1. The van der Waals surface area contributed by atoms with Gasteiger partial charge in [0.1, 0.15) is 0 Å². The minimum absolute atomic E-state index is 0.808. The van der Waals surface area contributed by atoms with Gasteiger partial charge >= 0.3 is 0 Å². The van der Waals surface area contributed by atoms with E-state index in [1.165, 1.54) is 50.6 Å². The Morgan fingerprint density at radius 2 is 1.95 bits per heavy atom. The first-order valence-corrected chi connectivity index (χ1v) is 8.59. The molecular weight excluding hydrogens is 322 g/mol. The summed E-state index contributed by atoms with van der Waals surface area (Å²) in [5.41, 5.74) is 1.27. The molecule has 0 amide bonds. The summed E-state index contributed by atoms with van der Waals surface area (Å²) in [4.78, 5) is 2.68. The number of benzene rings is 1. The van der Waals surface area contributed by atoms with Crippen LogP contribution in [0, 0.1) is 5.92 Å². The number of fused-ring (bicyclic) bond motifs is 1. The quantitative estimate of drug-likeness (QED) is 0.709. The van der Waals surface area contributed by atoms with Crippen molar-refractivity contribution in [3.63, 3.8) is 0 Å². The number of halogens is 2. The van der Waals surface area contributed by atoms with Gasteiger partial charge in [0.15, 0.2) is 0 Å². The van der Waals surface area contributed by atoms with Crippen molar-refractivity contribution in [2.75, 3.05) is 6.54 Å². The van der Waals surface area contributed by atoms with E-state index in [2.05, 4.69) is 33.0 Å². The van der Waals surface area contributed by atoms with Gasteiger partial charge in [-0.3, -0.25) is 4.90 Å². The lowest BCUT2D eigenvalue weighted by atomic mass is 9.78. The maximum Gasteiger partial charge on any atom is 0.0462 e. The predicted octanol–water partition coefficient (Wildman–Crippen LogP) is 5.26. The fourth-order valence-corrected chi connectivity index (χ4v) is 4.53. The van der Waals surface area contributed by atoms with Crippen LogP contribution in [0.3, 0.4) is 0 Å². The highest BCUT2D eigenvalue weighted by molar-refractivity contribution is 9.10. The first kappa shape index (κ1) is 13.9. The van der Waals surface area contributed by atoms with Gasteiger partial charge in [0, 0.05) is 22.1 Å². The van der Waals surface area contributed by atoms with Crippen LogP contribution < -0.4 is 0 Å². The molecule has 2 aliphatic rings. The van der Waals surface area contributed by atoms with Crippen LogP contribution in [-0.2, 0) is 6.54 Å². The molecule has 0 aromatic heterocycles. The van der Waals surface area contributed by atoms with Gasteiger partial charge in [-0.25, -0.2) is 0 Å². The van der Waals surface area contributed by atoms with E-state index < -0.39 is 0 Å². The Morgan fingerprint density at radius 3 is 2.79 bits per heavy atom. The Morgan fingerprint density at radius 1 is 1.16 bits per heavy atom. The van der Waals surface area contributed by atoms with Gasteiger partial charge in [0.05, 0.1) is 0 Å². The summed E-state index contributed by atoms with van der Waals surface area (Å²) in [6.45, 7) is 2.26. The molecule has 3 heteroatoms. The lowest BCUT2D eigenvalue weighted by Crippen LogP contribution is -2.46. The molecule has 1 nitrogen and oxygen atoms in total. The van der Waals surface area contributed by atoms with E-state index >= 15 is 0 Å². The largest absolute Gasteiger partial charge is 0.296 e. The molecule has 2 unspecified atom stereocenters. The molecule has 104 valence electrons. The van der Waals surface area contributed by atoms with Crippen molar-refractivity contribution in [2.24, 2.45) is 5.92 Å². The maximum absolute atomic E-state index is 6.37. The Labute approximate surface area is 129 Å². The molecule has 0 bridgehead atoms. The van der Waals surface area contributed by atoms with Gasteiger partial charge in [0.2, 0.25) is 0 Å². The third-order valence-electron chi connectivity index (χ3n) is 4.75. The van der Waals surface area contributed by atoms with E-state index in [1.54, 1.807) is 0 Å². The summed E-state index contributed by atoms with van der Waals surface area (Å²) in [6.07, 6.45) is 8.47. The zero-order chi connectivity index (χ0) is 13.2. The third kappa shape index (κ3) is 3.17. The van der Waals surface area contributed by atoms with Gasteiger partial charge in [-0.15, -0.1) is 0 Å². The topological polar surface area (TPSA) is 3.24 Å². The fourth-order valence-electron chi connectivity index (χ4n) is 3.79. The van der Waals surface area contributed by atoms with Crippen LogP contribution >= 0.6 is 27.5 Å². The maximum atomic E-state index is 6.37. The highest BCUT2D eigenvalue weighted by Gasteiger charge is 2.33. The molecule has 1 saturated carbocycles. The fraction of sp³-hybridized carbons (Fsp3) is 0.625. The second-order valence-corrected chi connectivity index (χ2v) is 7.28. The molecule has 1 aromatic carbocycles. The molecule has 1 heterocycles. The van der Waals surface area contributed by atoms with E-state index in [0.29, 0.717) is 0 Å². The Bertz CT molecular complexity index is 446. The average Bonchev–Trinajstić information content (AvgIpc) is 2.42. The Kier molecular flexibility index (Phi) is 4.51. The second-order valence-electron chi connectivity index (χ2n) is 5.96. The molecular formula is C16H21BrClN. The van der Waals surface area contributed by atoms with Crippen molar-refractivity contribution < 1.29 is 0 Å². The highest BCUT2D eigenvalue weighted by Crippen LogP contribution is 2.36. The summed E-state index contributed by atoms with van der Waals surface area (Å²) in [7, 11) is 0. The molecule has 3 rings (SSSR count). The summed E-state index contributed by atoms with van der Waals surface area (Å²) in [5.74, 6) is 0.941. The average molecular weight is 343 g/mol. The number of piperidine rings is 1. The molecule has 0 spiro atoms. The van der Waals surface area contributed by atoms with Crippen LogP contribution in [0.1, 0.15) is 44.1 Å². The molecule has 19 heavy (non-hydrogen) atoms. The van der Waals surface area contributed by atoms with Crippen LogP contribution in [0.5, 0.6) is 0 Å². The van der Waals surface area contributed by atoms with E-state index in [4.69, 9.17) is 11.6 Å². The van der Waals surface area contributed by atoms with Gasteiger partial charge in [-0.2, -0.15) is 0 Å². The lowest BCUT2D eigenvalue weighted by Gasteiger charge is -2.44. The van der Waals surface area contributed by atoms with Crippen molar-refractivity contribution in [3.8, 4) is 0 Å². The smallest absolute Gasteiger partial charge is 0.0462 e. The molecule has 2 atom stereocenters. The van der Waals surface area contributed by atoms with E-state index in [0.717, 1.165) is 28.0 Å². The minimum Gasteiger partial charge on any atom is -0.296 e. The zero-order valence-electron chi connectivity index (χ0n) is 11.2. The first-order valence-electron chi connectivity index (χ1n) is 7.42. The first-order chi connectivity index (χ1) is 9.24. The molecule has 0 N–H and O–H groups in total. The minimum atomic E-state index is 0.808. The molecule has 1 aromatic rings. The van der Waals surface area contributed by atoms with Gasteiger partial charge in [-0.05, 0) is 55.8 Å². The van der Waals surface area contributed by atoms with E-state index in [1.807, 2.05) is 6.07 Å². The van der Waals surface area contributed by atoms with Crippen LogP contribution in [0.4, 0.5) is 0 Å². The summed E-state index contributed by atoms with van der Waals surface area (Å²) in [5, 5.41) is 0.896. The van der Waals surface area contributed by atoms with E-state index in [-0.39, 0.29) is 0 Å². The van der Waals surface area contributed by atoms with Gasteiger partial charge in [0.25, 0.3) is 0 Å². The Hall–Kier alpha value is -0.0500. The second kappa shape index (κ2) is 6.15. The molecule has 1 aliphatic carbocycles. The van der Waals surface area contributed by atoms with Crippen LogP contribution in [-0.4, -0.2) is 17.5 Å². The lowest BCUT2D eigenvalue weighted by molar-refractivity contribution is 0.0547. The molecule has 1 saturated heterocycles. The van der Waals surface area contributed by atoms with Crippen molar-refractivity contribution in [1.29, 1.82) is 0 Å². The summed E-state index contributed by atoms with van der Waals surface area (Å²) < 4.78 is 1.07. The SMILES string of the molecule is Clc1cc(Br)ccc1CN1CCCC2CCCCC21. The summed E-state index contributed by atoms with van der Waals surface area (Å²) in [6, 6.07) is 7.09. The standard InChI is InChI=1S/C16H21BrClN/c17-14-8-7-13(15(18)10-14)11-19-9-3-5-12-4-1-2-6-16(12)19/h7-8,10,12,16H,1-6,9,11H2. The van der Waals surface area contributed by atoms with Crippen LogP contribution in [0.25, 0.3) is 0 Å². The number of nitrogens with zero attached hydrogens (tertiary/aromatic N) is 1. The normalized spacial score (nSPS) is 28.1. The Balaban J connectivity index is 1.74. The van der Waals surface area contributed by atoms with Crippen molar-refractivity contribution >= 4 is 27.5 Å². The van der Waals surface area contributed by atoms with E-state index in [9.17, 15) is 0 Å². The zero-order valence-corrected chi connectivity index (χ0v) is 13.6. The molecule has 2 fully saturated rings. The molecule has 1 aliphatic heterocycles. The third-order valence-corrected chi connectivity index (χ3v) is 5.59. The van der Waals surface area contributed by atoms with Crippen LogP contribution in [0.15, 0.2) is 22.7 Å². The number of likely N-dealkylation sites (tertiary alicyclic amines) is 1. The van der Waals surface area contributed by atoms with Crippen LogP contribution in [0.2, 0.25) is 5.02 Å². The number of rotatable bonds is 2. The van der Waals surface area contributed by atoms with Crippen molar-refractivity contribution in [2.45, 2.75) is 51.1 Å². The summed E-state index contributed by atoms with van der Waals surface area (Å²) >= 11 is 9.85. The molecule has 0 radical (unpaired) electrons. The van der Waals surface area contributed by atoms with Gasteiger partial charge in [-0.1, -0.05) is 46.4 Å². The van der Waals surface area contributed by atoms with Crippen molar-refractivity contribution in [3.05, 3.63) is 33.3 Å². The van der Waals surface area contributed by atoms with Crippen molar-refractivity contribution in [1.82, 2.24) is 4.90 Å².